The van der Waals surface area contributed by atoms with E-state index in [1.807, 2.05) is 6.07 Å². The van der Waals surface area contributed by atoms with Gasteiger partial charge in [-0.15, -0.1) is 0 Å². The van der Waals surface area contributed by atoms with E-state index in [1.54, 1.807) is 0 Å². The second-order valence-electron chi connectivity index (χ2n) is 4.51. The summed E-state index contributed by atoms with van der Waals surface area (Å²) < 4.78 is 0. The van der Waals surface area contributed by atoms with E-state index in [1.165, 1.54) is 24.0 Å². The number of nitrogens with one attached hydrogen (secondary N) is 1. The van der Waals surface area contributed by atoms with Crippen LogP contribution in [0.3, 0.4) is 0 Å². The Bertz CT molecular complexity index is 431. The van der Waals surface area contributed by atoms with Gasteiger partial charge in [-0.25, -0.2) is 4.85 Å². The zero-order chi connectivity index (χ0) is 10.3. The summed E-state index contributed by atoms with van der Waals surface area (Å²) in [5, 5.41) is 3.59. The fourth-order valence-corrected chi connectivity index (χ4v) is 2.96. The summed E-state index contributed by atoms with van der Waals surface area (Å²) in [4.78, 5) is 3.52. The highest BCUT2D eigenvalue weighted by molar-refractivity contribution is 5.53. The van der Waals surface area contributed by atoms with Crippen LogP contribution >= 0.6 is 0 Å². The van der Waals surface area contributed by atoms with Crippen LogP contribution in [-0.2, 0) is 6.42 Å². The molecule has 1 aliphatic carbocycles. The maximum absolute atomic E-state index is 7.05. The molecule has 1 aromatic carbocycles. The Morgan fingerprint density at radius 3 is 3.20 bits per heavy atom. The summed E-state index contributed by atoms with van der Waals surface area (Å²) in [5.74, 6) is 0.662. The average molecular weight is 198 g/mol. The summed E-state index contributed by atoms with van der Waals surface area (Å²) in [6.07, 6.45) is 3.70. The lowest BCUT2D eigenvalue weighted by Crippen LogP contribution is -2.37. The van der Waals surface area contributed by atoms with Gasteiger partial charge in [-0.3, -0.25) is 0 Å². The SMILES string of the molecule is [C-]#[N+]c1ccc2c(c1)C1CCCN[C@H]1C2. The van der Waals surface area contributed by atoms with Gasteiger partial charge in [0.05, 0.1) is 6.57 Å². The van der Waals surface area contributed by atoms with Crippen molar-refractivity contribution in [3.8, 4) is 0 Å². The first-order chi connectivity index (χ1) is 7.38. The van der Waals surface area contributed by atoms with Gasteiger partial charge >= 0.3 is 0 Å². The maximum Gasteiger partial charge on any atom is 0.187 e. The highest BCUT2D eigenvalue weighted by Gasteiger charge is 2.33. The van der Waals surface area contributed by atoms with E-state index < -0.39 is 0 Å². The Hall–Kier alpha value is -1.33. The molecule has 1 fully saturated rings. The summed E-state index contributed by atoms with van der Waals surface area (Å²) in [5.41, 5.74) is 3.67. The van der Waals surface area contributed by atoms with Gasteiger partial charge in [0.25, 0.3) is 0 Å². The molecule has 1 N–H and O–H groups in total. The number of hydrogen-bond acceptors (Lipinski definition) is 1. The van der Waals surface area contributed by atoms with E-state index in [2.05, 4.69) is 22.3 Å². The summed E-state index contributed by atoms with van der Waals surface area (Å²) in [6, 6.07) is 6.82. The van der Waals surface area contributed by atoms with Crippen molar-refractivity contribution in [2.75, 3.05) is 6.54 Å². The number of hydrogen-bond donors (Lipinski definition) is 1. The smallest absolute Gasteiger partial charge is 0.187 e. The van der Waals surface area contributed by atoms with Crippen LogP contribution in [0.25, 0.3) is 4.85 Å². The van der Waals surface area contributed by atoms with E-state index in [4.69, 9.17) is 6.57 Å². The van der Waals surface area contributed by atoms with Gasteiger partial charge in [-0.05, 0) is 37.3 Å². The lowest BCUT2D eigenvalue weighted by molar-refractivity contribution is 0.373. The van der Waals surface area contributed by atoms with Gasteiger partial charge in [-0.2, -0.15) is 0 Å². The molecular weight excluding hydrogens is 184 g/mol. The van der Waals surface area contributed by atoms with Crippen molar-refractivity contribution in [1.82, 2.24) is 5.32 Å². The minimum absolute atomic E-state index is 0.634. The summed E-state index contributed by atoms with van der Waals surface area (Å²) >= 11 is 0. The normalized spacial score (nSPS) is 27.9. The van der Waals surface area contributed by atoms with E-state index >= 15 is 0 Å². The molecule has 1 unspecified atom stereocenters. The third-order valence-corrected chi connectivity index (χ3v) is 3.68. The first-order valence-corrected chi connectivity index (χ1v) is 5.62. The first-order valence-electron chi connectivity index (χ1n) is 5.62. The number of nitrogens with zero attached hydrogens (tertiary/aromatic N) is 1. The second kappa shape index (κ2) is 3.36. The Kier molecular flexibility index (Phi) is 2.00. The van der Waals surface area contributed by atoms with Crippen LogP contribution in [0, 0.1) is 6.57 Å². The molecule has 3 rings (SSSR count). The van der Waals surface area contributed by atoms with Crippen molar-refractivity contribution in [2.45, 2.75) is 31.2 Å². The number of rotatable bonds is 0. The lowest BCUT2D eigenvalue weighted by Gasteiger charge is -2.27. The van der Waals surface area contributed by atoms with Crippen molar-refractivity contribution in [3.63, 3.8) is 0 Å². The van der Waals surface area contributed by atoms with Gasteiger partial charge in [0, 0.05) is 6.04 Å². The van der Waals surface area contributed by atoms with Crippen molar-refractivity contribution >= 4 is 5.69 Å². The molecule has 15 heavy (non-hydrogen) atoms. The predicted molar refractivity (Wildman–Crippen MR) is 60.2 cm³/mol. The number of piperidine rings is 1. The molecule has 1 aliphatic heterocycles. The van der Waals surface area contributed by atoms with Crippen molar-refractivity contribution < 1.29 is 0 Å². The topological polar surface area (TPSA) is 16.4 Å². The highest BCUT2D eigenvalue weighted by atomic mass is 14.9. The molecule has 1 saturated heterocycles. The highest BCUT2D eigenvalue weighted by Crippen LogP contribution is 2.40. The molecule has 2 nitrogen and oxygen atoms in total. The zero-order valence-corrected chi connectivity index (χ0v) is 8.66. The van der Waals surface area contributed by atoms with Gasteiger partial charge in [0.15, 0.2) is 5.69 Å². The van der Waals surface area contributed by atoms with E-state index in [-0.39, 0.29) is 0 Å². The molecule has 1 aromatic rings. The van der Waals surface area contributed by atoms with Gasteiger partial charge in [0.1, 0.15) is 0 Å². The zero-order valence-electron chi connectivity index (χ0n) is 8.66. The van der Waals surface area contributed by atoms with Crippen molar-refractivity contribution in [3.05, 3.63) is 40.7 Å². The van der Waals surface area contributed by atoms with Crippen LogP contribution in [0.2, 0.25) is 0 Å². The largest absolute Gasteiger partial charge is 0.313 e. The van der Waals surface area contributed by atoms with Crippen LogP contribution in [0.15, 0.2) is 18.2 Å². The molecular formula is C13H14N2. The standard InChI is InChI=1S/C13H14N2/c1-14-10-5-4-9-7-13-11(12(9)8-10)3-2-6-15-13/h4-5,8,11,13,15H,2-3,6-7H2/t11?,13-/m0/s1. The summed E-state index contributed by atoms with van der Waals surface area (Å²) in [6.45, 7) is 8.21. The Morgan fingerprint density at radius 2 is 2.33 bits per heavy atom. The lowest BCUT2D eigenvalue weighted by atomic mass is 9.90. The fraction of sp³-hybridized carbons (Fsp3) is 0.462. The number of benzene rings is 1. The van der Waals surface area contributed by atoms with Crippen molar-refractivity contribution in [2.24, 2.45) is 0 Å². The number of fused-ring (bicyclic) bond motifs is 3. The molecule has 2 heteroatoms. The Balaban J connectivity index is 2.02. The molecule has 2 atom stereocenters. The average Bonchev–Trinajstić information content (AvgIpc) is 2.66. The first kappa shape index (κ1) is 8.94. The fourth-order valence-electron chi connectivity index (χ4n) is 2.96. The molecule has 0 bridgehead atoms. The maximum atomic E-state index is 7.05. The van der Waals surface area contributed by atoms with E-state index in [0.717, 1.165) is 18.7 Å². The summed E-state index contributed by atoms with van der Waals surface area (Å²) in [7, 11) is 0. The molecule has 1 heterocycles. The molecule has 0 amide bonds. The van der Waals surface area contributed by atoms with E-state index in [9.17, 15) is 0 Å². The Morgan fingerprint density at radius 1 is 1.40 bits per heavy atom. The minimum Gasteiger partial charge on any atom is -0.313 e. The molecule has 0 aromatic heterocycles. The molecule has 2 aliphatic rings. The second-order valence-corrected chi connectivity index (χ2v) is 4.51. The van der Waals surface area contributed by atoms with Gasteiger partial charge in [-0.1, -0.05) is 23.8 Å². The van der Waals surface area contributed by atoms with Crippen LogP contribution in [0.5, 0.6) is 0 Å². The van der Waals surface area contributed by atoms with Crippen LogP contribution in [-0.4, -0.2) is 12.6 Å². The molecule has 0 spiro atoms. The predicted octanol–water partition coefficient (Wildman–Crippen LogP) is 2.63. The monoisotopic (exact) mass is 198 g/mol. The van der Waals surface area contributed by atoms with Crippen LogP contribution in [0.1, 0.15) is 29.9 Å². The molecule has 0 radical (unpaired) electrons. The molecule has 0 saturated carbocycles. The third-order valence-electron chi connectivity index (χ3n) is 3.68. The Labute approximate surface area is 90.1 Å². The minimum atomic E-state index is 0.634. The van der Waals surface area contributed by atoms with E-state index in [0.29, 0.717) is 12.0 Å². The van der Waals surface area contributed by atoms with Gasteiger partial charge < -0.3 is 5.32 Å². The van der Waals surface area contributed by atoms with Crippen LogP contribution in [0.4, 0.5) is 5.69 Å². The van der Waals surface area contributed by atoms with Gasteiger partial charge in [0.2, 0.25) is 0 Å². The third kappa shape index (κ3) is 1.35. The molecule has 76 valence electrons. The van der Waals surface area contributed by atoms with Crippen LogP contribution < -0.4 is 5.32 Å². The quantitative estimate of drug-likeness (QED) is 0.634. The van der Waals surface area contributed by atoms with Crippen molar-refractivity contribution in [1.29, 1.82) is 0 Å².